The monoisotopic (exact) mass is 498 g/mol. The SMILES string of the molecule is CCN(CC)CCOc1ccc(Nc2nnc3cc(-c4c(Cl)cccc4Cl)c(=O)[nH]c3n2)cc1. The zero-order valence-corrected chi connectivity index (χ0v) is 20.3. The second-order valence-electron chi connectivity index (χ2n) is 7.50. The highest BCUT2D eigenvalue weighted by Crippen LogP contribution is 2.33. The van der Waals surface area contributed by atoms with Crippen LogP contribution in [0.1, 0.15) is 13.8 Å². The van der Waals surface area contributed by atoms with E-state index in [0.29, 0.717) is 38.9 Å². The van der Waals surface area contributed by atoms with Gasteiger partial charge in [-0.2, -0.15) is 4.98 Å². The van der Waals surface area contributed by atoms with Crippen LogP contribution < -0.4 is 15.6 Å². The number of fused-ring (bicyclic) bond motifs is 1. The predicted octanol–water partition coefficient (Wildman–Crippen LogP) is 5.15. The summed E-state index contributed by atoms with van der Waals surface area (Å²) in [6.45, 7) is 7.78. The Kier molecular flexibility index (Phi) is 7.62. The Morgan fingerprint density at radius 1 is 1.03 bits per heavy atom. The molecule has 0 bridgehead atoms. The first kappa shape index (κ1) is 23.9. The molecule has 0 aliphatic carbocycles. The number of halogens is 2. The Hall–Kier alpha value is -3.20. The van der Waals surface area contributed by atoms with Crippen molar-refractivity contribution in [3.8, 4) is 16.9 Å². The number of rotatable bonds is 9. The molecule has 4 aromatic rings. The van der Waals surface area contributed by atoms with Gasteiger partial charge < -0.3 is 19.9 Å². The molecule has 10 heteroatoms. The van der Waals surface area contributed by atoms with Gasteiger partial charge in [0, 0.05) is 17.8 Å². The molecule has 8 nitrogen and oxygen atoms in total. The maximum atomic E-state index is 12.7. The molecule has 0 saturated heterocycles. The van der Waals surface area contributed by atoms with Gasteiger partial charge in [0.15, 0.2) is 5.65 Å². The third-order valence-corrected chi connectivity index (χ3v) is 6.01. The Balaban J connectivity index is 1.49. The minimum Gasteiger partial charge on any atom is -0.492 e. The number of likely N-dealkylation sites (N-methyl/N-ethyl adjacent to an activating group) is 1. The number of nitrogens with zero attached hydrogens (tertiary/aromatic N) is 4. The summed E-state index contributed by atoms with van der Waals surface area (Å²) in [7, 11) is 0. The van der Waals surface area contributed by atoms with E-state index in [2.05, 4.69) is 44.2 Å². The molecule has 0 aliphatic heterocycles. The van der Waals surface area contributed by atoms with E-state index in [9.17, 15) is 4.79 Å². The smallest absolute Gasteiger partial charge is 0.257 e. The van der Waals surface area contributed by atoms with Crippen molar-refractivity contribution in [2.24, 2.45) is 0 Å². The van der Waals surface area contributed by atoms with Crippen LogP contribution in [0.3, 0.4) is 0 Å². The first-order valence-electron chi connectivity index (χ1n) is 10.9. The molecule has 0 atom stereocenters. The summed E-state index contributed by atoms with van der Waals surface area (Å²) in [5.74, 6) is 1.03. The van der Waals surface area contributed by atoms with Crippen molar-refractivity contribution in [1.29, 1.82) is 0 Å². The largest absolute Gasteiger partial charge is 0.492 e. The molecule has 34 heavy (non-hydrogen) atoms. The van der Waals surface area contributed by atoms with Gasteiger partial charge in [0.1, 0.15) is 17.9 Å². The Morgan fingerprint density at radius 2 is 1.74 bits per heavy atom. The van der Waals surface area contributed by atoms with Crippen LogP contribution in [0.5, 0.6) is 5.75 Å². The number of hydrogen-bond acceptors (Lipinski definition) is 7. The molecule has 0 aliphatic rings. The van der Waals surface area contributed by atoms with Gasteiger partial charge in [-0.15, -0.1) is 10.2 Å². The summed E-state index contributed by atoms with van der Waals surface area (Å²) < 4.78 is 5.81. The summed E-state index contributed by atoms with van der Waals surface area (Å²) >= 11 is 12.5. The minimum atomic E-state index is -0.375. The van der Waals surface area contributed by atoms with Crippen LogP contribution in [-0.2, 0) is 0 Å². The van der Waals surface area contributed by atoms with Crippen LogP contribution >= 0.6 is 23.2 Å². The third-order valence-electron chi connectivity index (χ3n) is 5.38. The number of ether oxygens (including phenoxy) is 1. The lowest BCUT2D eigenvalue weighted by molar-refractivity contribution is 0.223. The highest BCUT2D eigenvalue weighted by atomic mass is 35.5. The standard InChI is InChI=1S/C24H24Cl2N6O2/c1-3-32(4-2)12-13-34-16-10-8-15(9-11-16)27-24-29-22-20(30-31-24)14-17(23(33)28-22)21-18(25)6-5-7-19(21)26/h5-11,14H,3-4,12-13H2,1-2H3,(H2,27,28,29,31,33). The van der Waals surface area contributed by atoms with Crippen LogP contribution in [0.4, 0.5) is 11.6 Å². The quantitative estimate of drug-likeness (QED) is 0.329. The topological polar surface area (TPSA) is 96.0 Å². The van der Waals surface area contributed by atoms with E-state index in [1.54, 1.807) is 24.3 Å². The van der Waals surface area contributed by atoms with Crippen LogP contribution in [-0.4, -0.2) is 51.3 Å². The van der Waals surface area contributed by atoms with E-state index in [1.165, 1.54) is 0 Å². The fourth-order valence-corrected chi connectivity index (χ4v) is 4.09. The lowest BCUT2D eigenvalue weighted by Gasteiger charge is -2.18. The summed E-state index contributed by atoms with van der Waals surface area (Å²) in [6, 6.07) is 14.1. The number of nitrogens with one attached hydrogen (secondary N) is 2. The fourth-order valence-electron chi connectivity index (χ4n) is 3.49. The van der Waals surface area contributed by atoms with Crippen molar-refractivity contribution in [2.45, 2.75) is 13.8 Å². The molecule has 4 rings (SSSR count). The maximum absolute atomic E-state index is 12.7. The highest BCUT2D eigenvalue weighted by Gasteiger charge is 2.14. The van der Waals surface area contributed by atoms with Crippen molar-refractivity contribution >= 4 is 46.0 Å². The molecule has 0 unspecified atom stereocenters. The van der Waals surface area contributed by atoms with Gasteiger partial charge in [0.25, 0.3) is 5.56 Å². The summed E-state index contributed by atoms with van der Waals surface area (Å²) in [4.78, 5) is 22.1. The van der Waals surface area contributed by atoms with Gasteiger partial charge in [-0.3, -0.25) is 4.79 Å². The van der Waals surface area contributed by atoms with Crippen molar-refractivity contribution in [2.75, 3.05) is 31.6 Å². The van der Waals surface area contributed by atoms with Crippen molar-refractivity contribution in [3.63, 3.8) is 0 Å². The van der Waals surface area contributed by atoms with E-state index in [0.717, 1.165) is 31.1 Å². The van der Waals surface area contributed by atoms with Gasteiger partial charge in [0.2, 0.25) is 5.95 Å². The molecule has 2 heterocycles. The normalized spacial score (nSPS) is 11.2. The van der Waals surface area contributed by atoms with E-state index in [1.807, 2.05) is 24.3 Å². The second-order valence-corrected chi connectivity index (χ2v) is 8.32. The van der Waals surface area contributed by atoms with Crippen LogP contribution in [0.25, 0.3) is 22.3 Å². The predicted molar refractivity (Wildman–Crippen MR) is 136 cm³/mol. The minimum absolute atomic E-state index is 0.252. The van der Waals surface area contributed by atoms with E-state index < -0.39 is 0 Å². The van der Waals surface area contributed by atoms with Crippen molar-refractivity contribution < 1.29 is 4.74 Å². The van der Waals surface area contributed by atoms with Crippen LogP contribution in [0.15, 0.2) is 53.3 Å². The van der Waals surface area contributed by atoms with Crippen molar-refractivity contribution in [3.05, 3.63) is 68.9 Å². The first-order valence-corrected chi connectivity index (χ1v) is 11.7. The number of aromatic amines is 1. The van der Waals surface area contributed by atoms with Gasteiger partial charge >= 0.3 is 0 Å². The number of benzene rings is 2. The molecular weight excluding hydrogens is 475 g/mol. The van der Waals surface area contributed by atoms with Gasteiger partial charge in [-0.25, -0.2) is 0 Å². The molecule has 0 amide bonds. The zero-order valence-electron chi connectivity index (χ0n) is 18.8. The lowest BCUT2D eigenvalue weighted by atomic mass is 10.1. The van der Waals surface area contributed by atoms with E-state index in [4.69, 9.17) is 27.9 Å². The molecule has 2 aromatic heterocycles. The fraction of sp³-hybridized carbons (Fsp3) is 0.250. The third kappa shape index (κ3) is 5.47. The number of anilines is 2. The molecule has 0 fully saturated rings. The molecular formula is C24H24Cl2N6O2. The number of pyridine rings is 1. The molecule has 176 valence electrons. The molecule has 0 radical (unpaired) electrons. The molecule has 2 aromatic carbocycles. The summed E-state index contributed by atoms with van der Waals surface area (Å²) in [6.07, 6.45) is 0. The second kappa shape index (κ2) is 10.8. The van der Waals surface area contributed by atoms with Gasteiger partial charge in [-0.1, -0.05) is 43.1 Å². The molecule has 2 N–H and O–H groups in total. The highest BCUT2D eigenvalue weighted by molar-refractivity contribution is 6.39. The number of H-pyrrole nitrogens is 1. The Labute approximate surface area is 206 Å². The molecule has 0 spiro atoms. The number of hydrogen-bond donors (Lipinski definition) is 2. The van der Waals surface area contributed by atoms with Gasteiger partial charge in [-0.05, 0) is 55.6 Å². The Morgan fingerprint density at radius 3 is 2.41 bits per heavy atom. The molecule has 0 saturated carbocycles. The van der Waals surface area contributed by atoms with Crippen molar-refractivity contribution in [1.82, 2.24) is 25.1 Å². The summed E-state index contributed by atoms with van der Waals surface area (Å²) in [5, 5.41) is 12.2. The average molecular weight is 499 g/mol. The maximum Gasteiger partial charge on any atom is 0.257 e. The van der Waals surface area contributed by atoms with E-state index >= 15 is 0 Å². The Bertz CT molecular complexity index is 1320. The number of aromatic nitrogens is 4. The van der Waals surface area contributed by atoms with E-state index in [-0.39, 0.29) is 11.5 Å². The average Bonchev–Trinajstić information content (AvgIpc) is 2.83. The van der Waals surface area contributed by atoms with Crippen LogP contribution in [0.2, 0.25) is 10.0 Å². The first-order chi connectivity index (χ1) is 16.5. The summed E-state index contributed by atoms with van der Waals surface area (Å²) in [5.41, 5.74) is 1.84. The van der Waals surface area contributed by atoms with Gasteiger partial charge in [0.05, 0.1) is 15.6 Å². The lowest BCUT2D eigenvalue weighted by Crippen LogP contribution is -2.27. The zero-order chi connectivity index (χ0) is 24.1. The van der Waals surface area contributed by atoms with Crippen LogP contribution in [0, 0.1) is 0 Å².